The molecule has 1 aliphatic rings. The number of nitrogens with zero attached hydrogens (tertiary/aromatic N) is 3. The molecule has 0 aliphatic heterocycles. The molecule has 1 fully saturated rings. The number of aryl methyl sites for hydroxylation is 1. The molecule has 0 radical (unpaired) electrons. The molecule has 5 heteroatoms. The lowest BCUT2D eigenvalue weighted by molar-refractivity contribution is -0.0587. The first-order valence-electron chi connectivity index (χ1n) is 3.95. The van der Waals surface area contributed by atoms with Crippen molar-refractivity contribution in [2.75, 3.05) is 0 Å². The molecule has 0 spiro atoms. The highest BCUT2D eigenvalue weighted by molar-refractivity contribution is 5.14. The Morgan fingerprint density at radius 3 is 2.83 bits per heavy atom. The van der Waals surface area contributed by atoms with Crippen LogP contribution in [0.25, 0.3) is 0 Å². The first-order valence-corrected chi connectivity index (χ1v) is 3.95. The topological polar surface area (TPSA) is 77.0 Å². The van der Waals surface area contributed by atoms with Crippen LogP contribution in [0.1, 0.15) is 18.5 Å². The van der Waals surface area contributed by atoms with Crippen LogP contribution in [0.5, 0.6) is 0 Å². The van der Waals surface area contributed by atoms with Crippen LogP contribution in [0.4, 0.5) is 0 Å². The third-order valence-electron chi connectivity index (χ3n) is 2.39. The second-order valence-electron chi connectivity index (χ2n) is 3.44. The average Bonchev–Trinajstić information content (AvgIpc) is 2.32. The van der Waals surface area contributed by atoms with Gasteiger partial charge < -0.3 is 10.8 Å². The van der Waals surface area contributed by atoms with E-state index in [2.05, 4.69) is 10.3 Å². The summed E-state index contributed by atoms with van der Waals surface area (Å²) in [4.78, 5) is 0. The number of aliphatic hydroxyl groups is 1. The third-order valence-corrected chi connectivity index (χ3v) is 2.39. The quantitative estimate of drug-likeness (QED) is 0.571. The Kier molecular flexibility index (Phi) is 1.46. The van der Waals surface area contributed by atoms with Gasteiger partial charge in [0, 0.05) is 13.1 Å². The van der Waals surface area contributed by atoms with E-state index in [4.69, 9.17) is 5.73 Å². The summed E-state index contributed by atoms with van der Waals surface area (Å²) >= 11 is 0. The lowest BCUT2D eigenvalue weighted by Gasteiger charge is -2.41. The molecule has 66 valence electrons. The average molecular weight is 168 g/mol. The Morgan fingerprint density at radius 1 is 1.75 bits per heavy atom. The number of aromatic nitrogens is 3. The Morgan fingerprint density at radius 2 is 2.42 bits per heavy atom. The Bertz CT molecular complexity index is 289. The van der Waals surface area contributed by atoms with Gasteiger partial charge in [0.15, 0.2) is 0 Å². The van der Waals surface area contributed by atoms with E-state index in [-0.39, 0.29) is 6.04 Å². The molecular weight excluding hydrogens is 156 g/mol. The second-order valence-corrected chi connectivity index (χ2v) is 3.44. The van der Waals surface area contributed by atoms with E-state index < -0.39 is 5.60 Å². The summed E-state index contributed by atoms with van der Waals surface area (Å²) in [6.07, 6.45) is 2.80. The monoisotopic (exact) mass is 168 g/mol. The van der Waals surface area contributed by atoms with Crippen molar-refractivity contribution in [3.8, 4) is 0 Å². The van der Waals surface area contributed by atoms with Crippen LogP contribution in [-0.4, -0.2) is 26.1 Å². The van der Waals surface area contributed by atoms with Crippen LogP contribution in [0.2, 0.25) is 0 Å². The largest absolute Gasteiger partial charge is 0.383 e. The molecule has 0 bridgehead atoms. The van der Waals surface area contributed by atoms with Crippen molar-refractivity contribution in [2.24, 2.45) is 12.8 Å². The molecular formula is C7H12N4O. The van der Waals surface area contributed by atoms with Crippen molar-refractivity contribution in [3.05, 3.63) is 11.9 Å². The highest BCUT2D eigenvalue weighted by Crippen LogP contribution is 2.39. The molecule has 0 saturated heterocycles. The smallest absolute Gasteiger partial charge is 0.111 e. The van der Waals surface area contributed by atoms with E-state index >= 15 is 0 Å². The molecule has 1 aliphatic carbocycles. The molecule has 0 unspecified atom stereocenters. The van der Waals surface area contributed by atoms with Crippen molar-refractivity contribution in [1.29, 1.82) is 0 Å². The van der Waals surface area contributed by atoms with E-state index in [0.717, 1.165) is 5.69 Å². The molecule has 0 aromatic carbocycles. The molecule has 1 heterocycles. The standard InChI is InChI=1S/C7H12N4O/c1-11-6(4-9-10-11)7(12)2-5(8)3-7/h4-5,12H,2-3,8H2,1H3. The van der Waals surface area contributed by atoms with Crippen LogP contribution in [0.15, 0.2) is 6.20 Å². The van der Waals surface area contributed by atoms with Gasteiger partial charge in [-0.25, -0.2) is 4.68 Å². The summed E-state index contributed by atoms with van der Waals surface area (Å²) in [7, 11) is 1.77. The third kappa shape index (κ3) is 0.937. The molecule has 0 atom stereocenters. The predicted octanol–water partition coefficient (Wildman–Crippen LogP) is -0.876. The molecule has 5 nitrogen and oxygen atoms in total. The first kappa shape index (κ1) is 7.70. The number of rotatable bonds is 1. The van der Waals surface area contributed by atoms with Crippen LogP contribution < -0.4 is 5.73 Å². The number of hydrogen-bond acceptors (Lipinski definition) is 4. The van der Waals surface area contributed by atoms with Gasteiger partial charge in [0.2, 0.25) is 0 Å². The Hall–Kier alpha value is -0.940. The minimum atomic E-state index is -0.780. The van der Waals surface area contributed by atoms with E-state index in [1.54, 1.807) is 17.9 Å². The summed E-state index contributed by atoms with van der Waals surface area (Å²) in [5, 5.41) is 17.4. The van der Waals surface area contributed by atoms with Crippen molar-refractivity contribution in [3.63, 3.8) is 0 Å². The zero-order valence-electron chi connectivity index (χ0n) is 6.94. The maximum absolute atomic E-state index is 9.94. The Labute approximate surface area is 70.2 Å². The van der Waals surface area contributed by atoms with Gasteiger partial charge in [-0.1, -0.05) is 5.21 Å². The summed E-state index contributed by atoms with van der Waals surface area (Å²) in [6, 6.07) is 0.116. The van der Waals surface area contributed by atoms with E-state index in [1.165, 1.54) is 0 Å². The SMILES string of the molecule is Cn1nncc1C1(O)CC(N)C1. The van der Waals surface area contributed by atoms with Crippen LogP contribution in [0, 0.1) is 0 Å². The zero-order valence-corrected chi connectivity index (χ0v) is 6.94. The van der Waals surface area contributed by atoms with Crippen molar-refractivity contribution in [2.45, 2.75) is 24.5 Å². The van der Waals surface area contributed by atoms with Crippen molar-refractivity contribution < 1.29 is 5.11 Å². The van der Waals surface area contributed by atoms with Gasteiger partial charge in [0.25, 0.3) is 0 Å². The zero-order chi connectivity index (χ0) is 8.77. The fourth-order valence-corrected chi connectivity index (χ4v) is 1.73. The fraction of sp³-hybridized carbons (Fsp3) is 0.714. The lowest BCUT2D eigenvalue weighted by atomic mass is 9.74. The van der Waals surface area contributed by atoms with Crippen LogP contribution in [-0.2, 0) is 12.6 Å². The van der Waals surface area contributed by atoms with Gasteiger partial charge in [0.1, 0.15) is 5.60 Å². The summed E-state index contributed by atoms with van der Waals surface area (Å²) < 4.78 is 1.59. The van der Waals surface area contributed by atoms with Crippen molar-refractivity contribution in [1.82, 2.24) is 15.0 Å². The minimum absolute atomic E-state index is 0.116. The minimum Gasteiger partial charge on any atom is -0.383 e. The summed E-state index contributed by atoms with van der Waals surface area (Å²) in [5.74, 6) is 0. The molecule has 0 amide bonds. The van der Waals surface area contributed by atoms with Gasteiger partial charge in [0.05, 0.1) is 11.9 Å². The van der Waals surface area contributed by atoms with Gasteiger partial charge >= 0.3 is 0 Å². The predicted molar refractivity (Wildman–Crippen MR) is 42.1 cm³/mol. The fourth-order valence-electron chi connectivity index (χ4n) is 1.73. The van der Waals surface area contributed by atoms with E-state index in [1.807, 2.05) is 0 Å². The molecule has 2 rings (SSSR count). The molecule has 1 aromatic heterocycles. The molecule has 12 heavy (non-hydrogen) atoms. The lowest BCUT2D eigenvalue weighted by Crippen LogP contribution is -2.50. The highest BCUT2D eigenvalue weighted by Gasteiger charge is 2.44. The molecule has 3 N–H and O–H groups in total. The first-order chi connectivity index (χ1) is 5.62. The normalized spacial score (nSPS) is 34.8. The maximum atomic E-state index is 9.94. The van der Waals surface area contributed by atoms with E-state index in [9.17, 15) is 5.11 Å². The van der Waals surface area contributed by atoms with Crippen LogP contribution in [0.3, 0.4) is 0 Å². The number of hydrogen-bond donors (Lipinski definition) is 2. The molecule has 1 saturated carbocycles. The molecule has 1 aromatic rings. The van der Waals surface area contributed by atoms with Gasteiger partial charge in [-0.3, -0.25) is 0 Å². The highest BCUT2D eigenvalue weighted by atomic mass is 16.3. The summed E-state index contributed by atoms with van der Waals surface area (Å²) in [5.41, 5.74) is 5.57. The number of nitrogens with two attached hydrogens (primary N) is 1. The van der Waals surface area contributed by atoms with Gasteiger partial charge in [-0.15, -0.1) is 5.10 Å². The van der Waals surface area contributed by atoms with Crippen LogP contribution >= 0.6 is 0 Å². The summed E-state index contributed by atoms with van der Waals surface area (Å²) in [6.45, 7) is 0. The van der Waals surface area contributed by atoms with Gasteiger partial charge in [-0.05, 0) is 12.8 Å². The Balaban J connectivity index is 2.26. The van der Waals surface area contributed by atoms with Crippen molar-refractivity contribution >= 4 is 0 Å². The second kappa shape index (κ2) is 2.27. The van der Waals surface area contributed by atoms with Gasteiger partial charge in [-0.2, -0.15) is 0 Å². The van der Waals surface area contributed by atoms with E-state index in [0.29, 0.717) is 12.8 Å². The maximum Gasteiger partial charge on any atom is 0.111 e.